The molecular weight excluding hydrogens is 351 g/mol. The number of carbonyl (C=O) groups excluding carboxylic acids is 3. The van der Waals surface area contributed by atoms with Gasteiger partial charge >= 0.3 is 0 Å². The number of imide groups is 1. The van der Waals surface area contributed by atoms with Crippen molar-refractivity contribution in [2.75, 3.05) is 0 Å². The van der Waals surface area contributed by atoms with Crippen LogP contribution in [0.15, 0.2) is 16.8 Å². The average molecular weight is 362 g/mol. The molecule has 1 aliphatic rings. The quantitative estimate of drug-likeness (QED) is 0.281. The lowest BCUT2D eigenvalue weighted by molar-refractivity contribution is -0.136. The number of hydrogen-bond donors (Lipinski definition) is 3. The summed E-state index contributed by atoms with van der Waals surface area (Å²) in [4.78, 5) is 37.9. The van der Waals surface area contributed by atoms with Crippen molar-refractivity contribution in [3.63, 3.8) is 0 Å². The summed E-state index contributed by atoms with van der Waals surface area (Å²) in [6.45, 7) is 0. The van der Waals surface area contributed by atoms with E-state index in [0.29, 0.717) is 0 Å². The van der Waals surface area contributed by atoms with E-state index in [1.807, 2.05) is 22.6 Å². The molecule has 3 N–H and O–H groups in total. The van der Waals surface area contributed by atoms with Gasteiger partial charge in [0.25, 0.3) is 5.91 Å². The molecule has 8 heteroatoms. The van der Waals surface area contributed by atoms with E-state index < -0.39 is 17.9 Å². The zero-order valence-corrected chi connectivity index (χ0v) is 11.4. The van der Waals surface area contributed by atoms with Gasteiger partial charge in [0.05, 0.1) is 4.22 Å². The standard InChI is InChI=1S/C10H11IN4O3/c11-5-13-6(3-4-12)9(17)14-7-1-2-8(16)15-10(7)18/h3-5,7,12H,1-2H2,(H,14,17)(H,15,16,18)/b6-3-,12-4?,13-5-. The molecule has 7 nitrogen and oxygen atoms in total. The summed E-state index contributed by atoms with van der Waals surface area (Å²) in [6.07, 6.45) is 2.61. The molecule has 1 rings (SSSR count). The van der Waals surface area contributed by atoms with Gasteiger partial charge in [-0.15, -0.1) is 0 Å². The normalized spacial score (nSPS) is 20.7. The van der Waals surface area contributed by atoms with E-state index >= 15 is 0 Å². The zero-order valence-electron chi connectivity index (χ0n) is 9.27. The summed E-state index contributed by atoms with van der Waals surface area (Å²) in [5.41, 5.74) is 0.0316. The summed E-state index contributed by atoms with van der Waals surface area (Å²) < 4.78 is 1.39. The summed E-state index contributed by atoms with van der Waals surface area (Å²) in [7, 11) is 0. The van der Waals surface area contributed by atoms with Gasteiger partial charge in [0, 0.05) is 12.6 Å². The maximum Gasteiger partial charge on any atom is 0.270 e. The van der Waals surface area contributed by atoms with Crippen molar-refractivity contribution < 1.29 is 14.4 Å². The van der Waals surface area contributed by atoms with Crippen LogP contribution in [-0.4, -0.2) is 34.2 Å². The van der Waals surface area contributed by atoms with E-state index in [0.717, 1.165) is 6.21 Å². The molecule has 0 radical (unpaired) electrons. The fraction of sp³-hybridized carbons (Fsp3) is 0.300. The largest absolute Gasteiger partial charge is 0.339 e. The van der Waals surface area contributed by atoms with Crippen LogP contribution in [0.25, 0.3) is 0 Å². The highest BCUT2D eigenvalue weighted by molar-refractivity contribution is 14.1. The Kier molecular flexibility index (Phi) is 5.62. The molecule has 1 fully saturated rings. The van der Waals surface area contributed by atoms with E-state index in [1.54, 1.807) is 0 Å². The Morgan fingerprint density at radius 2 is 2.28 bits per heavy atom. The number of allylic oxidation sites excluding steroid dienone is 1. The third kappa shape index (κ3) is 4.02. The summed E-state index contributed by atoms with van der Waals surface area (Å²) in [6, 6.07) is -0.742. The lowest BCUT2D eigenvalue weighted by Crippen LogP contribution is -2.52. The van der Waals surface area contributed by atoms with Crippen molar-refractivity contribution in [2.24, 2.45) is 4.99 Å². The second-order valence-corrected chi connectivity index (χ2v) is 3.98. The smallest absolute Gasteiger partial charge is 0.270 e. The molecule has 3 amide bonds. The van der Waals surface area contributed by atoms with Crippen molar-refractivity contribution >= 4 is 50.7 Å². The van der Waals surface area contributed by atoms with Crippen molar-refractivity contribution in [1.29, 1.82) is 5.41 Å². The van der Waals surface area contributed by atoms with Crippen LogP contribution in [0.4, 0.5) is 0 Å². The van der Waals surface area contributed by atoms with E-state index in [1.165, 1.54) is 10.3 Å². The lowest BCUT2D eigenvalue weighted by Gasteiger charge is -2.21. The first kappa shape index (κ1) is 14.5. The Bertz CT molecular complexity index is 444. The summed E-state index contributed by atoms with van der Waals surface area (Å²) in [5.74, 6) is -1.42. The van der Waals surface area contributed by atoms with Crippen molar-refractivity contribution in [3.8, 4) is 0 Å². The van der Waals surface area contributed by atoms with Crippen LogP contribution in [0.2, 0.25) is 0 Å². The van der Waals surface area contributed by atoms with Gasteiger partial charge in [-0.3, -0.25) is 19.7 Å². The highest BCUT2D eigenvalue weighted by Crippen LogP contribution is 2.06. The molecule has 0 aromatic heterocycles. The Morgan fingerprint density at radius 3 is 2.83 bits per heavy atom. The third-order valence-electron chi connectivity index (χ3n) is 2.21. The number of nitrogens with zero attached hydrogens (tertiary/aromatic N) is 1. The molecule has 0 aliphatic carbocycles. The van der Waals surface area contributed by atoms with Gasteiger partial charge in [0.15, 0.2) is 0 Å². The molecule has 1 unspecified atom stereocenters. The molecule has 1 saturated heterocycles. The number of aliphatic imine (C=N–C) groups is 1. The van der Waals surface area contributed by atoms with Crippen LogP contribution in [0.5, 0.6) is 0 Å². The summed E-state index contributed by atoms with van der Waals surface area (Å²) >= 11 is 1.84. The minimum atomic E-state index is -0.742. The van der Waals surface area contributed by atoms with Crippen LogP contribution in [0, 0.1) is 5.41 Å². The fourth-order valence-electron chi connectivity index (χ4n) is 1.37. The van der Waals surface area contributed by atoms with Crippen LogP contribution in [0.1, 0.15) is 12.8 Å². The predicted octanol–water partition coefficient (Wildman–Crippen LogP) is -0.0954. The first-order valence-corrected chi connectivity index (χ1v) is 6.31. The second kappa shape index (κ2) is 6.99. The van der Waals surface area contributed by atoms with Crippen molar-refractivity contribution in [2.45, 2.75) is 18.9 Å². The van der Waals surface area contributed by atoms with Gasteiger partial charge in [-0.25, -0.2) is 4.99 Å². The van der Waals surface area contributed by atoms with E-state index in [2.05, 4.69) is 15.6 Å². The number of carbonyl (C=O) groups is 3. The minimum Gasteiger partial charge on any atom is -0.339 e. The maximum absolute atomic E-state index is 11.8. The van der Waals surface area contributed by atoms with Gasteiger partial charge in [-0.05, 0) is 35.1 Å². The number of nitrogens with one attached hydrogen (secondary N) is 3. The first-order valence-electron chi connectivity index (χ1n) is 5.06. The average Bonchev–Trinajstić information content (AvgIpc) is 2.32. The predicted molar refractivity (Wildman–Crippen MR) is 73.7 cm³/mol. The Morgan fingerprint density at radius 1 is 1.56 bits per heavy atom. The van der Waals surface area contributed by atoms with Gasteiger partial charge in [0.2, 0.25) is 11.8 Å². The van der Waals surface area contributed by atoms with E-state index in [4.69, 9.17) is 5.41 Å². The molecular formula is C10H11IN4O3. The number of piperidine rings is 1. The first-order chi connectivity index (χ1) is 8.58. The molecule has 1 heterocycles. The Hall–Kier alpha value is -1.58. The third-order valence-corrected chi connectivity index (χ3v) is 2.48. The van der Waals surface area contributed by atoms with Gasteiger partial charge in [-0.2, -0.15) is 0 Å². The molecule has 0 aromatic rings. The fourth-order valence-corrected chi connectivity index (χ4v) is 1.67. The van der Waals surface area contributed by atoms with Crippen LogP contribution in [0.3, 0.4) is 0 Å². The molecule has 0 spiro atoms. The Labute approximate surface area is 117 Å². The molecule has 1 atom stereocenters. The van der Waals surface area contributed by atoms with E-state index in [-0.39, 0.29) is 24.4 Å². The van der Waals surface area contributed by atoms with E-state index in [9.17, 15) is 14.4 Å². The SMILES string of the molecule is N=C/C=C(\N=C/I)C(=O)NC1CCC(=O)NC1=O. The molecule has 1 aliphatic heterocycles. The number of hydrogen-bond acceptors (Lipinski definition) is 5. The molecule has 96 valence electrons. The number of halogens is 1. The number of rotatable bonds is 4. The van der Waals surface area contributed by atoms with Gasteiger partial charge in [-0.1, -0.05) is 0 Å². The second-order valence-electron chi connectivity index (χ2n) is 3.42. The highest BCUT2D eigenvalue weighted by Gasteiger charge is 2.28. The molecule has 0 bridgehead atoms. The highest BCUT2D eigenvalue weighted by atomic mass is 127. The van der Waals surface area contributed by atoms with Crippen molar-refractivity contribution in [3.05, 3.63) is 11.8 Å². The molecule has 0 aromatic carbocycles. The lowest BCUT2D eigenvalue weighted by atomic mass is 10.1. The maximum atomic E-state index is 11.8. The van der Waals surface area contributed by atoms with Crippen LogP contribution >= 0.6 is 22.6 Å². The number of amides is 3. The Balaban J connectivity index is 2.69. The minimum absolute atomic E-state index is 0.0316. The van der Waals surface area contributed by atoms with Crippen molar-refractivity contribution in [1.82, 2.24) is 10.6 Å². The zero-order chi connectivity index (χ0) is 13.5. The van der Waals surface area contributed by atoms with Crippen LogP contribution in [-0.2, 0) is 14.4 Å². The van der Waals surface area contributed by atoms with Gasteiger partial charge < -0.3 is 10.7 Å². The molecule has 18 heavy (non-hydrogen) atoms. The van der Waals surface area contributed by atoms with Crippen LogP contribution < -0.4 is 10.6 Å². The monoisotopic (exact) mass is 362 g/mol. The van der Waals surface area contributed by atoms with Gasteiger partial charge in [0.1, 0.15) is 11.7 Å². The summed E-state index contributed by atoms with van der Waals surface area (Å²) in [5, 5.41) is 11.5. The molecule has 0 saturated carbocycles. The topological polar surface area (TPSA) is 111 Å².